The van der Waals surface area contributed by atoms with Crippen LogP contribution in [0.2, 0.25) is 0 Å². The van der Waals surface area contributed by atoms with E-state index in [1.54, 1.807) is 24.3 Å². The number of esters is 2. The van der Waals surface area contributed by atoms with Crippen molar-refractivity contribution < 1.29 is 23.9 Å². The summed E-state index contributed by atoms with van der Waals surface area (Å²) in [5.41, 5.74) is 1.72. The van der Waals surface area contributed by atoms with Gasteiger partial charge in [0.05, 0.1) is 29.1 Å². The van der Waals surface area contributed by atoms with E-state index < -0.39 is 5.41 Å². The molecule has 0 N–H and O–H groups in total. The van der Waals surface area contributed by atoms with Crippen LogP contribution in [-0.4, -0.2) is 42.5 Å². The third kappa shape index (κ3) is 6.60. The van der Waals surface area contributed by atoms with Crippen LogP contribution in [0.3, 0.4) is 0 Å². The van der Waals surface area contributed by atoms with Crippen molar-refractivity contribution in [3.05, 3.63) is 58.1 Å². The van der Waals surface area contributed by atoms with E-state index in [9.17, 15) is 14.4 Å². The maximum Gasteiger partial charge on any atom is 0.338 e. The summed E-state index contributed by atoms with van der Waals surface area (Å²) in [6, 6.07) is 13.7. The summed E-state index contributed by atoms with van der Waals surface area (Å²) in [5.74, 6) is -0.445. The molecule has 1 amide bonds. The molecule has 6 nitrogen and oxygen atoms in total. The third-order valence-electron chi connectivity index (χ3n) is 7.59. The monoisotopic (exact) mass is 627 g/mol. The number of benzene rings is 2. The van der Waals surface area contributed by atoms with Crippen LogP contribution < -0.4 is 0 Å². The average molecular weight is 629 g/mol. The van der Waals surface area contributed by atoms with Gasteiger partial charge in [-0.15, -0.1) is 11.3 Å². The highest BCUT2D eigenvalue weighted by molar-refractivity contribution is 9.10. The Bertz CT molecular complexity index is 1360. The number of rotatable bonds is 12. The molecule has 0 atom stereocenters. The number of halogens is 1. The molecule has 214 valence electrons. The topological polar surface area (TPSA) is 72.9 Å². The number of fused-ring (bicyclic) bond motifs is 1. The molecule has 40 heavy (non-hydrogen) atoms. The molecule has 1 fully saturated rings. The van der Waals surface area contributed by atoms with E-state index in [4.69, 9.17) is 9.47 Å². The first-order valence-corrected chi connectivity index (χ1v) is 15.9. The highest BCUT2D eigenvalue weighted by Gasteiger charge is 2.44. The van der Waals surface area contributed by atoms with Gasteiger partial charge in [0.2, 0.25) is 5.91 Å². The molecule has 1 aliphatic carbocycles. The molecule has 1 saturated carbocycles. The Morgan fingerprint density at radius 1 is 1.00 bits per heavy atom. The van der Waals surface area contributed by atoms with Crippen LogP contribution >= 0.6 is 27.3 Å². The molecule has 1 aliphatic rings. The molecule has 4 rings (SSSR count). The van der Waals surface area contributed by atoms with Crippen molar-refractivity contribution in [2.24, 2.45) is 5.41 Å². The van der Waals surface area contributed by atoms with Crippen molar-refractivity contribution in [1.82, 2.24) is 4.90 Å². The number of hydrogen-bond acceptors (Lipinski definition) is 6. The Kier molecular flexibility index (Phi) is 10.4. The van der Waals surface area contributed by atoms with E-state index >= 15 is 0 Å². The first-order chi connectivity index (χ1) is 19.3. The average Bonchev–Trinajstić information content (AvgIpc) is 3.57. The van der Waals surface area contributed by atoms with E-state index in [-0.39, 0.29) is 17.8 Å². The molecule has 0 saturated heterocycles. The molecule has 0 bridgehead atoms. The Morgan fingerprint density at radius 2 is 1.73 bits per heavy atom. The second kappa shape index (κ2) is 13.8. The van der Waals surface area contributed by atoms with E-state index in [1.165, 1.54) is 0 Å². The summed E-state index contributed by atoms with van der Waals surface area (Å²) < 4.78 is 12.8. The molecule has 2 aromatic carbocycles. The van der Waals surface area contributed by atoms with Crippen LogP contribution in [0.25, 0.3) is 20.5 Å². The maximum absolute atomic E-state index is 13.4. The van der Waals surface area contributed by atoms with Crippen molar-refractivity contribution in [2.75, 3.05) is 19.8 Å². The molecule has 0 aliphatic heterocycles. The van der Waals surface area contributed by atoms with Crippen LogP contribution in [-0.2, 0) is 25.6 Å². The molecule has 8 heteroatoms. The van der Waals surface area contributed by atoms with Gasteiger partial charge in [-0.05, 0) is 72.8 Å². The lowest BCUT2D eigenvalue weighted by Crippen LogP contribution is -2.44. The number of amides is 1. The van der Waals surface area contributed by atoms with E-state index in [0.29, 0.717) is 38.3 Å². The lowest BCUT2D eigenvalue weighted by Gasteiger charge is -2.34. The Labute approximate surface area is 249 Å². The number of thiophene rings is 1. The third-order valence-corrected chi connectivity index (χ3v) is 9.88. The lowest BCUT2D eigenvalue weighted by atomic mass is 9.85. The number of unbranched alkanes of at least 4 members (excludes halogenated alkanes) is 1. The highest BCUT2D eigenvalue weighted by atomic mass is 79.9. The molecule has 1 heterocycles. The van der Waals surface area contributed by atoms with Gasteiger partial charge in [-0.2, -0.15) is 0 Å². The lowest BCUT2D eigenvalue weighted by molar-refractivity contribution is -0.157. The summed E-state index contributed by atoms with van der Waals surface area (Å²) in [5, 5.41) is 1.03. The fraction of sp³-hybridized carbons (Fsp3) is 0.469. The van der Waals surface area contributed by atoms with E-state index in [2.05, 4.69) is 41.1 Å². The fourth-order valence-electron chi connectivity index (χ4n) is 5.52. The van der Waals surface area contributed by atoms with Crippen LogP contribution in [0.1, 0.15) is 81.6 Å². The quantitative estimate of drug-likeness (QED) is 0.189. The van der Waals surface area contributed by atoms with Crippen molar-refractivity contribution >= 4 is 55.2 Å². The first-order valence-electron chi connectivity index (χ1n) is 14.3. The van der Waals surface area contributed by atoms with Gasteiger partial charge < -0.3 is 14.4 Å². The summed E-state index contributed by atoms with van der Waals surface area (Å²) in [4.78, 5) is 41.9. The van der Waals surface area contributed by atoms with Crippen LogP contribution in [0, 0.1) is 5.41 Å². The van der Waals surface area contributed by atoms with Crippen LogP contribution in [0.15, 0.2) is 46.9 Å². The summed E-state index contributed by atoms with van der Waals surface area (Å²) in [6.07, 6.45) is 5.67. The minimum absolute atomic E-state index is 0.0750. The van der Waals surface area contributed by atoms with Crippen molar-refractivity contribution in [3.8, 4) is 10.4 Å². The van der Waals surface area contributed by atoms with E-state index in [0.717, 1.165) is 69.1 Å². The van der Waals surface area contributed by atoms with Crippen molar-refractivity contribution in [2.45, 2.75) is 72.3 Å². The summed E-state index contributed by atoms with van der Waals surface area (Å²) in [6.45, 7) is 7.18. The van der Waals surface area contributed by atoms with E-state index in [1.807, 2.05) is 30.0 Å². The smallest absolute Gasteiger partial charge is 0.338 e. The molecule has 1 aromatic heterocycles. The number of carbonyl (C=O) groups is 3. The minimum Gasteiger partial charge on any atom is -0.466 e. The van der Waals surface area contributed by atoms with Gasteiger partial charge in [0.15, 0.2) is 0 Å². The normalized spacial score (nSPS) is 14.3. The standard InChI is InChI=1S/C32H38BrNO5S/c1-4-7-14-27(35)34(21-32(17-10-11-18-32)31(37)39-6-3)20-22-15-16-26-25(19-22)28(33)29(40-26)23-12-8-9-13-24(23)30(36)38-5-2/h8-9,12-13,15-16,19H,4-7,10-11,14,17-18,20-21H2,1-3H3. The molecule has 3 aromatic rings. The molecule has 0 spiro atoms. The molecular formula is C32H38BrNO5S. The zero-order valence-corrected chi connectivity index (χ0v) is 26.0. The van der Waals surface area contributed by atoms with Crippen molar-refractivity contribution in [3.63, 3.8) is 0 Å². The van der Waals surface area contributed by atoms with Gasteiger partial charge in [0, 0.05) is 39.6 Å². The fourth-order valence-corrected chi connectivity index (χ4v) is 7.55. The highest BCUT2D eigenvalue weighted by Crippen LogP contribution is 2.44. The van der Waals surface area contributed by atoms with Crippen LogP contribution in [0.5, 0.6) is 0 Å². The second-order valence-corrected chi connectivity index (χ2v) is 12.2. The van der Waals surface area contributed by atoms with Gasteiger partial charge in [0.1, 0.15) is 0 Å². The zero-order valence-electron chi connectivity index (χ0n) is 23.6. The SMILES string of the molecule is CCCCC(=O)N(Cc1ccc2sc(-c3ccccc3C(=O)OCC)c(Br)c2c1)CC1(C(=O)OCC)CCCC1. The first kappa shape index (κ1) is 30.3. The summed E-state index contributed by atoms with van der Waals surface area (Å²) >= 11 is 5.42. The number of hydrogen-bond donors (Lipinski definition) is 0. The molecule has 0 unspecified atom stereocenters. The van der Waals surface area contributed by atoms with Crippen LogP contribution in [0.4, 0.5) is 0 Å². The van der Waals surface area contributed by atoms with Gasteiger partial charge >= 0.3 is 11.9 Å². The Morgan fingerprint density at radius 3 is 2.42 bits per heavy atom. The largest absolute Gasteiger partial charge is 0.466 e. The van der Waals surface area contributed by atoms with Gasteiger partial charge in [-0.3, -0.25) is 9.59 Å². The van der Waals surface area contributed by atoms with Crippen molar-refractivity contribution in [1.29, 1.82) is 0 Å². The van der Waals surface area contributed by atoms with Gasteiger partial charge in [-0.1, -0.05) is 50.5 Å². The zero-order chi connectivity index (χ0) is 28.7. The molecular weight excluding hydrogens is 590 g/mol. The predicted octanol–water partition coefficient (Wildman–Crippen LogP) is 8.15. The maximum atomic E-state index is 13.4. The molecule has 0 radical (unpaired) electrons. The number of carbonyl (C=O) groups excluding carboxylic acids is 3. The number of nitrogens with zero attached hydrogens (tertiary/aromatic N) is 1. The van der Waals surface area contributed by atoms with Gasteiger partial charge in [0.25, 0.3) is 0 Å². The predicted molar refractivity (Wildman–Crippen MR) is 163 cm³/mol. The summed E-state index contributed by atoms with van der Waals surface area (Å²) in [7, 11) is 0. The minimum atomic E-state index is -0.630. The number of ether oxygens (including phenoxy) is 2. The second-order valence-electron chi connectivity index (χ2n) is 10.4. The Balaban J connectivity index is 1.67. The Hall–Kier alpha value is -2.71. The van der Waals surface area contributed by atoms with Gasteiger partial charge in [-0.25, -0.2) is 4.79 Å².